The SMILES string of the molecule is Cc1cccc(OC[C@H](O)CN[C@@H]2[C@H]3CCCO[C@H]3C2(C)C)c1. The van der Waals surface area contributed by atoms with Crippen LogP contribution in [0.2, 0.25) is 0 Å². The molecule has 0 amide bonds. The third-order valence-corrected chi connectivity index (χ3v) is 5.34. The van der Waals surface area contributed by atoms with Crippen LogP contribution in [-0.4, -0.2) is 43.1 Å². The van der Waals surface area contributed by atoms with E-state index in [0.717, 1.165) is 24.3 Å². The fourth-order valence-corrected chi connectivity index (χ4v) is 4.16. The van der Waals surface area contributed by atoms with E-state index in [4.69, 9.17) is 9.47 Å². The first-order valence-corrected chi connectivity index (χ1v) is 8.71. The quantitative estimate of drug-likeness (QED) is 0.846. The summed E-state index contributed by atoms with van der Waals surface area (Å²) in [6, 6.07) is 8.33. The summed E-state index contributed by atoms with van der Waals surface area (Å²) in [5, 5.41) is 13.7. The van der Waals surface area contributed by atoms with E-state index in [1.165, 1.54) is 6.42 Å². The Kier molecular flexibility index (Phi) is 4.95. The summed E-state index contributed by atoms with van der Waals surface area (Å²) in [4.78, 5) is 0. The number of ether oxygens (including phenoxy) is 2. The second-order valence-corrected chi connectivity index (χ2v) is 7.59. The molecule has 0 unspecified atom stereocenters. The zero-order chi connectivity index (χ0) is 16.4. The first-order chi connectivity index (χ1) is 11.0. The van der Waals surface area contributed by atoms with Crippen molar-refractivity contribution in [3.63, 3.8) is 0 Å². The van der Waals surface area contributed by atoms with Crippen LogP contribution >= 0.6 is 0 Å². The van der Waals surface area contributed by atoms with Gasteiger partial charge in [-0.2, -0.15) is 0 Å². The summed E-state index contributed by atoms with van der Waals surface area (Å²) in [7, 11) is 0. The monoisotopic (exact) mass is 319 g/mol. The van der Waals surface area contributed by atoms with Crippen molar-refractivity contribution in [2.24, 2.45) is 11.3 Å². The molecule has 1 saturated carbocycles. The number of aliphatic hydroxyl groups is 1. The Hall–Kier alpha value is -1.10. The highest BCUT2D eigenvalue weighted by atomic mass is 16.5. The van der Waals surface area contributed by atoms with E-state index < -0.39 is 6.10 Å². The summed E-state index contributed by atoms with van der Waals surface area (Å²) in [5.41, 5.74) is 1.30. The maximum absolute atomic E-state index is 10.2. The Morgan fingerprint density at radius 1 is 1.43 bits per heavy atom. The van der Waals surface area contributed by atoms with Gasteiger partial charge >= 0.3 is 0 Å². The third kappa shape index (κ3) is 3.54. The highest BCUT2D eigenvalue weighted by Gasteiger charge is 2.57. The number of rotatable bonds is 6. The fraction of sp³-hybridized carbons (Fsp3) is 0.684. The van der Waals surface area contributed by atoms with E-state index in [-0.39, 0.29) is 5.41 Å². The van der Waals surface area contributed by atoms with Gasteiger partial charge in [0.25, 0.3) is 0 Å². The van der Waals surface area contributed by atoms with Gasteiger partial charge in [0.2, 0.25) is 0 Å². The number of hydrogen-bond donors (Lipinski definition) is 2. The van der Waals surface area contributed by atoms with E-state index in [1.807, 2.05) is 31.2 Å². The van der Waals surface area contributed by atoms with Crippen molar-refractivity contribution in [1.29, 1.82) is 0 Å². The van der Waals surface area contributed by atoms with Crippen LogP contribution in [0.5, 0.6) is 5.75 Å². The smallest absolute Gasteiger partial charge is 0.119 e. The van der Waals surface area contributed by atoms with Gasteiger partial charge in [0, 0.05) is 30.5 Å². The summed E-state index contributed by atoms with van der Waals surface area (Å²) in [6.45, 7) is 8.31. The summed E-state index contributed by atoms with van der Waals surface area (Å²) >= 11 is 0. The average Bonchev–Trinajstić information content (AvgIpc) is 2.53. The summed E-state index contributed by atoms with van der Waals surface area (Å²) in [6.07, 6.45) is 2.24. The molecule has 128 valence electrons. The number of aliphatic hydroxyl groups excluding tert-OH is 1. The van der Waals surface area contributed by atoms with Crippen molar-refractivity contribution < 1.29 is 14.6 Å². The van der Waals surface area contributed by atoms with Gasteiger partial charge in [-0.05, 0) is 37.5 Å². The van der Waals surface area contributed by atoms with Gasteiger partial charge in [-0.1, -0.05) is 26.0 Å². The lowest BCUT2D eigenvalue weighted by atomic mass is 9.55. The molecule has 1 aromatic carbocycles. The van der Waals surface area contributed by atoms with Crippen LogP contribution in [0.25, 0.3) is 0 Å². The van der Waals surface area contributed by atoms with Gasteiger partial charge < -0.3 is 19.9 Å². The van der Waals surface area contributed by atoms with Crippen LogP contribution in [0.3, 0.4) is 0 Å². The molecule has 0 radical (unpaired) electrons. The van der Waals surface area contributed by atoms with E-state index in [1.54, 1.807) is 0 Å². The van der Waals surface area contributed by atoms with Gasteiger partial charge in [-0.25, -0.2) is 0 Å². The average molecular weight is 319 g/mol. The van der Waals surface area contributed by atoms with Gasteiger partial charge in [-0.3, -0.25) is 0 Å². The maximum atomic E-state index is 10.2. The standard InChI is InChI=1S/C19H29NO3/c1-13-6-4-7-15(10-13)23-12-14(21)11-20-17-16-8-5-9-22-18(16)19(17,2)3/h4,6-7,10,14,16-18,20-21H,5,8-9,11-12H2,1-3H3/t14-,16-,17-,18-/m1/s1. The Labute approximate surface area is 139 Å². The first-order valence-electron chi connectivity index (χ1n) is 8.71. The highest BCUT2D eigenvalue weighted by molar-refractivity contribution is 5.27. The molecule has 4 atom stereocenters. The lowest BCUT2D eigenvalue weighted by Crippen LogP contribution is -2.69. The number of hydrogen-bond acceptors (Lipinski definition) is 4. The van der Waals surface area contributed by atoms with Crippen molar-refractivity contribution in [2.75, 3.05) is 19.8 Å². The van der Waals surface area contributed by atoms with E-state index in [0.29, 0.717) is 31.2 Å². The molecule has 23 heavy (non-hydrogen) atoms. The number of fused-ring (bicyclic) bond motifs is 1. The highest BCUT2D eigenvalue weighted by Crippen LogP contribution is 2.51. The van der Waals surface area contributed by atoms with Crippen molar-refractivity contribution in [3.8, 4) is 5.75 Å². The molecule has 2 aliphatic rings. The molecule has 1 saturated heterocycles. The maximum Gasteiger partial charge on any atom is 0.119 e. The van der Waals surface area contributed by atoms with Crippen molar-refractivity contribution in [2.45, 2.75) is 51.9 Å². The molecule has 2 fully saturated rings. The van der Waals surface area contributed by atoms with Crippen molar-refractivity contribution >= 4 is 0 Å². The summed E-state index contributed by atoms with van der Waals surface area (Å²) < 4.78 is 11.6. The largest absolute Gasteiger partial charge is 0.491 e. The van der Waals surface area contributed by atoms with Crippen LogP contribution in [0.1, 0.15) is 32.3 Å². The number of nitrogens with one attached hydrogen (secondary N) is 1. The lowest BCUT2D eigenvalue weighted by molar-refractivity contribution is -0.193. The van der Waals surface area contributed by atoms with Gasteiger partial charge in [0.1, 0.15) is 18.5 Å². The van der Waals surface area contributed by atoms with Crippen molar-refractivity contribution in [3.05, 3.63) is 29.8 Å². The van der Waals surface area contributed by atoms with Gasteiger partial charge in [0.15, 0.2) is 0 Å². The van der Waals surface area contributed by atoms with Crippen LogP contribution in [0.15, 0.2) is 24.3 Å². The molecule has 0 spiro atoms. The molecule has 0 bridgehead atoms. The molecule has 4 heteroatoms. The Morgan fingerprint density at radius 2 is 2.26 bits per heavy atom. The molecule has 2 N–H and O–H groups in total. The number of benzene rings is 1. The fourth-order valence-electron chi connectivity index (χ4n) is 4.16. The van der Waals surface area contributed by atoms with Crippen LogP contribution < -0.4 is 10.1 Å². The molecular formula is C19H29NO3. The van der Waals surface area contributed by atoms with Gasteiger partial charge in [0.05, 0.1) is 6.10 Å². The molecule has 1 aliphatic carbocycles. The van der Waals surface area contributed by atoms with Crippen LogP contribution in [0, 0.1) is 18.3 Å². The second-order valence-electron chi connectivity index (χ2n) is 7.59. The predicted octanol–water partition coefficient (Wildman–Crippen LogP) is 2.53. The minimum Gasteiger partial charge on any atom is -0.491 e. The summed E-state index contributed by atoms with van der Waals surface area (Å²) in [5.74, 6) is 1.40. The molecule has 1 heterocycles. The Morgan fingerprint density at radius 3 is 3.04 bits per heavy atom. The van der Waals surface area contributed by atoms with E-state index >= 15 is 0 Å². The first kappa shape index (κ1) is 16.7. The minimum absolute atomic E-state index is 0.141. The van der Waals surface area contributed by atoms with Gasteiger partial charge in [-0.15, -0.1) is 0 Å². The molecule has 1 aliphatic heterocycles. The molecule has 0 aromatic heterocycles. The molecule has 1 aromatic rings. The van der Waals surface area contributed by atoms with Crippen LogP contribution in [0.4, 0.5) is 0 Å². The Balaban J connectivity index is 1.44. The number of aryl methyl sites for hydroxylation is 1. The van der Waals surface area contributed by atoms with Crippen LogP contribution in [-0.2, 0) is 4.74 Å². The zero-order valence-corrected chi connectivity index (χ0v) is 14.4. The normalized spacial score (nSPS) is 30.2. The Bertz CT molecular complexity index is 531. The lowest BCUT2D eigenvalue weighted by Gasteiger charge is -2.60. The van der Waals surface area contributed by atoms with Crippen molar-refractivity contribution in [1.82, 2.24) is 5.32 Å². The predicted molar refractivity (Wildman–Crippen MR) is 90.7 cm³/mol. The second kappa shape index (κ2) is 6.80. The third-order valence-electron chi connectivity index (χ3n) is 5.34. The topological polar surface area (TPSA) is 50.7 Å². The molecule has 4 nitrogen and oxygen atoms in total. The minimum atomic E-state index is -0.505. The molecular weight excluding hydrogens is 290 g/mol. The zero-order valence-electron chi connectivity index (χ0n) is 14.4. The van der Waals surface area contributed by atoms with E-state index in [9.17, 15) is 5.11 Å². The van der Waals surface area contributed by atoms with E-state index in [2.05, 4.69) is 19.2 Å². The molecule has 3 rings (SSSR count).